The number of allylic oxidation sites excluding steroid dienone is 1. The van der Waals surface area contributed by atoms with Crippen LogP contribution in [0.5, 0.6) is 0 Å². The summed E-state index contributed by atoms with van der Waals surface area (Å²) in [6.45, 7) is 5.31. The molecule has 0 aromatic heterocycles. The molecule has 0 bridgehead atoms. The number of hydrogen-bond donors (Lipinski definition) is 1. The molecule has 0 heterocycles. The molecule has 7 heteroatoms. The van der Waals surface area contributed by atoms with E-state index in [1.165, 1.54) is 31.9 Å². The Hall–Kier alpha value is -2.31. The number of hydrogen-bond acceptors (Lipinski definition) is 3. The van der Waals surface area contributed by atoms with Gasteiger partial charge in [-0.25, -0.2) is 4.79 Å². The summed E-state index contributed by atoms with van der Waals surface area (Å²) in [5.41, 5.74) is -1.56. The minimum atomic E-state index is -4.65. The van der Waals surface area contributed by atoms with Gasteiger partial charge >= 0.3 is 12.1 Å². The van der Waals surface area contributed by atoms with Crippen LogP contribution in [0, 0.1) is 0 Å². The van der Waals surface area contributed by atoms with Crippen LogP contribution in [0.2, 0.25) is 0 Å². The van der Waals surface area contributed by atoms with Crippen molar-refractivity contribution < 1.29 is 27.5 Å². The predicted molar refractivity (Wildman–Crippen MR) is 106 cm³/mol. The Labute approximate surface area is 170 Å². The molecular formula is C22H30F3NO3. The molecule has 29 heavy (non-hydrogen) atoms. The highest BCUT2D eigenvalue weighted by Crippen LogP contribution is 2.31. The lowest BCUT2D eigenvalue weighted by molar-refractivity contribution is -0.145. The Morgan fingerprint density at radius 3 is 2.28 bits per heavy atom. The second kappa shape index (κ2) is 13.0. The molecule has 0 aliphatic rings. The van der Waals surface area contributed by atoms with Crippen molar-refractivity contribution in [3.05, 3.63) is 48.0 Å². The van der Waals surface area contributed by atoms with Crippen LogP contribution in [0.15, 0.2) is 36.9 Å². The van der Waals surface area contributed by atoms with Crippen molar-refractivity contribution >= 4 is 11.9 Å². The minimum Gasteiger partial charge on any atom is -0.464 e. The first-order chi connectivity index (χ1) is 13.8. The van der Waals surface area contributed by atoms with Gasteiger partial charge in [0.1, 0.15) is 6.04 Å². The summed E-state index contributed by atoms with van der Waals surface area (Å²) in [6.07, 6.45) is 5.71. The molecule has 1 atom stereocenters. The quantitative estimate of drug-likeness (QED) is 0.257. The number of ether oxygens (including phenoxy) is 1. The third-order valence-corrected chi connectivity index (χ3v) is 4.48. The largest absolute Gasteiger partial charge is 0.464 e. The lowest BCUT2D eigenvalue weighted by Crippen LogP contribution is -2.40. The first-order valence-electron chi connectivity index (χ1n) is 10.0. The number of unbranched alkanes of at least 4 members (excludes halogenated alkanes) is 7. The van der Waals surface area contributed by atoms with Crippen molar-refractivity contribution in [3.63, 3.8) is 0 Å². The van der Waals surface area contributed by atoms with E-state index in [0.29, 0.717) is 0 Å². The third-order valence-electron chi connectivity index (χ3n) is 4.48. The monoisotopic (exact) mass is 413 g/mol. The Bertz CT molecular complexity index is 659. The molecular weight excluding hydrogens is 383 g/mol. The summed E-state index contributed by atoms with van der Waals surface area (Å²) in [5, 5.41) is 2.27. The Morgan fingerprint density at radius 2 is 1.66 bits per heavy atom. The molecule has 1 aromatic carbocycles. The number of benzene rings is 1. The van der Waals surface area contributed by atoms with E-state index in [1.807, 2.05) is 6.08 Å². The number of esters is 1. The second-order valence-electron chi connectivity index (χ2n) is 6.96. The van der Waals surface area contributed by atoms with E-state index in [-0.39, 0.29) is 6.61 Å². The third kappa shape index (κ3) is 9.63. The van der Waals surface area contributed by atoms with Crippen LogP contribution in [0.25, 0.3) is 0 Å². The van der Waals surface area contributed by atoms with E-state index in [0.717, 1.165) is 50.7 Å². The zero-order valence-electron chi connectivity index (χ0n) is 16.9. The molecule has 4 nitrogen and oxygen atoms in total. The maximum atomic E-state index is 13.0. The van der Waals surface area contributed by atoms with E-state index in [1.54, 1.807) is 0 Å². The standard InChI is InChI=1S/C22H30F3NO3/c1-3-4-5-6-7-8-9-10-13-16-29-21(28)17(2)26-20(27)18-14-11-12-15-19(18)22(23,24)25/h3,11-12,14-15,17H,1,4-10,13,16H2,2H3,(H,26,27)/t17-/m0/s1. The Kier molecular flexibility index (Phi) is 11.1. The van der Waals surface area contributed by atoms with Gasteiger partial charge in [-0.05, 0) is 38.3 Å². The van der Waals surface area contributed by atoms with Crippen molar-refractivity contribution in [2.75, 3.05) is 6.61 Å². The summed E-state index contributed by atoms with van der Waals surface area (Å²) >= 11 is 0. The van der Waals surface area contributed by atoms with Crippen molar-refractivity contribution in [3.8, 4) is 0 Å². The number of carbonyl (C=O) groups is 2. The molecule has 1 amide bonds. The molecule has 0 unspecified atom stereocenters. The topological polar surface area (TPSA) is 55.4 Å². The zero-order chi connectivity index (χ0) is 21.7. The number of nitrogens with one attached hydrogen (secondary N) is 1. The van der Waals surface area contributed by atoms with Crippen LogP contribution in [-0.2, 0) is 15.7 Å². The van der Waals surface area contributed by atoms with Gasteiger partial charge in [-0.15, -0.1) is 6.58 Å². The summed E-state index contributed by atoms with van der Waals surface area (Å²) in [5.74, 6) is -1.62. The van der Waals surface area contributed by atoms with Crippen LogP contribution < -0.4 is 5.32 Å². The van der Waals surface area contributed by atoms with Gasteiger partial charge < -0.3 is 10.1 Å². The smallest absolute Gasteiger partial charge is 0.417 e. The lowest BCUT2D eigenvalue weighted by atomic mass is 10.1. The van der Waals surface area contributed by atoms with Gasteiger partial charge in [0.2, 0.25) is 0 Å². The SMILES string of the molecule is C=CCCCCCCCCCOC(=O)[C@H](C)NC(=O)c1ccccc1C(F)(F)F. The van der Waals surface area contributed by atoms with E-state index in [4.69, 9.17) is 4.74 Å². The van der Waals surface area contributed by atoms with Gasteiger partial charge in [0, 0.05) is 0 Å². The molecule has 162 valence electrons. The van der Waals surface area contributed by atoms with Crippen LogP contribution >= 0.6 is 0 Å². The van der Waals surface area contributed by atoms with Gasteiger partial charge in [-0.1, -0.05) is 50.3 Å². The highest BCUT2D eigenvalue weighted by Gasteiger charge is 2.35. The fraction of sp³-hybridized carbons (Fsp3) is 0.545. The van der Waals surface area contributed by atoms with E-state index < -0.39 is 35.2 Å². The van der Waals surface area contributed by atoms with Crippen molar-refractivity contribution in [1.29, 1.82) is 0 Å². The lowest BCUT2D eigenvalue weighted by Gasteiger charge is -2.16. The maximum absolute atomic E-state index is 13.0. The Morgan fingerprint density at radius 1 is 1.07 bits per heavy atom. The molecule has 0 aliphatic heterocycles. The Balaban J connectivity index is 2.30. The van der Waals surface area contributed by atoms with Crippen LogP contribution in [0.3, 0.4) is 0 Å². The van der Waals surface area contributed by atoms with Gasteiger partial charge in [0.15, 0.2) is 0 Å². The van der Waals surface area contributed by atoms with Gasteiger partial charge in [-0.2, -0.15) is 13.2 Å². The van der Waals surface area contributed by atoms with Crippen molar-refractivity contribution in [2.45, 2.75) is 70.5 Å². The molecule has 0 saturated carbocycles. The fourth-order valence-electron chi connectivity index (χ4n) is 2.83. The highest BCUT2D eigenvalue weighted by atomic mass is 19.4. The maximum Gasteiger partial charge on any atom is 0.417 e. The molecule has 1 N–H and O–H groups in total. The average molecular weight is 413 g/mol. The van der Waals surface area contributed by atoms with Crippen molar-refractivity contribution in [2.24, 2.45) is 0 Å². The first kappa shape index (κ1) is 24.7. The van der Waals surface area contributed by atoms with Gasteiger partial charge in [0.25, 0.3) is 5.91 Å². The number of carbonyl (C=O) groups excluding carboxylic acids is 2. The average Bonchev–Trinajstić information content (AvgIpc) is 2.68. The molecule has 1 rings (SSSR count). The molecule has 0 fully saturated rings. The molecule has 1 aromatic rings. The number of alkyl halides is 3. The zero-order valence-corrected chi connectivity index (χ0v) is 16.9. The van der Waals surface area contributed by atoms with Gasteiger partial charge in [0.05, 0.1) is 17.7 Å². The minimum absolute atomic E-state index is 0.231. The van der Waals surface area contributed by atoms with E-state index in [9.17, 15) is 22.8 Å². The second-order valence-corrected chi connectivity index (χ2v) is 6.96. The van der Waals surface area contributed by atoms with Crippen LogP contribution in [0.4, 0.5) is 13.2 Å². The fourth-order valence-corrected chi connectivity index (χ4v) is 2.83. The summed E-state index contributed by atoms with van der Waals surface area (Å²) in [7, 11) is 0. The normalized spacial score (nSPS) is 12.3. The van der Waals surface area contributed by atoms with Crippen LogP contribution in [-0.4, -0.2) is 24.5 Å². The molecule has 0 spiro atoms. The molecule has 0 saturated heterocycles. The van der Waals surface area contributed by atoms with E-state index in [2.05, 4.69) is 11.9 Å². The highest BCUT2D eigenvalue weighted by molar-refractivity contribution is 5.98. The predicted octanol–water partition coefficient (Wildman–Crippen LogP) is 5.67. The van der Waals surface area contributed by atoms with Crippen LogP contribution in [0.1, 0.15) is 74.2 Å². The number of halogens is 3. The van der Waals surface area contributed by atoms with E-state index >= 15 is 0 Å². The molecule has 0 aliphatic carbocycles. The number of amides is 1. The van der Waals surface area contributed by atoms with Crippen molar-refractivity contribution in [1.82, 2.24) is 5.32 Å². The summed E-state index contributed by atoms with van der Waals surface area (Å²) in [4.78, 5) is 24.1. The first-order valence-corrected chi connectivity index (χ1v) is 10.0. The number of rotatable bonds is 13. The summed E-state index contributed by atoms with van der Waals surface area (Å²) < 4.78 is 44.1. The summed E-state index contributed by atoms with van der Waals surface area (Å²) in [6, 6.07) is 3.42. The molecule has 0 radical (unpaired) electrons. The van der Waals surface area contributed by atoms with Gasteiger partial charge in [-0.3, -0.25) is 4.79 Å².